The summed E-state index contributed by atoms with van der Waals surface area (Å²) < 4.78 is 5.13. The summed E-state index contributed by atoms with van der Waals surface area (Å²) in [5.41, 5.74) is 2.24. The zero-order valence-electron chi connectivity index (χ0n) is 11.8. The summed E-state index contributed by atoms with van der Waals surface area (Å²) in [7, 11) is 1.63. The molecule has 1 heterocycles. The third kappa shape index (κ3) is 3.45. The number of nitrogens with zero attached hydrogens (tertiary/aromatic N) is 1. The van der Waals surface area contributed by atoms with Crippen LogP contribution >= 0.6 is 0 Å². The third-order valence-electron chi connectivity index (χ3n) is 3.01. The molecule has 1 aromatic heterocycles. The van der Waals surface area contributed by atoms with Crippen LogP contribution in [0, 0.1) is 0 Å². The number of nitrogens with one attached hydrogen (secondary N) is 2. The van der Waals surface area contributed by atoms with Crippen LogP contribution in [0.15, 0.2) is 35.1 Å². The number of hydrogen-bond acceptors (Lipinski definition) is 4. The molecule has 0 atom stereocenters. The zero-order valence-corrected chi connectivity index (χ0v) is 11.8. The van der Waals surface area contributed by atoms with Gasteiger partial charge in [0.05, 0.1) is 12.8 Å². The van der Waals surface area contributed by atoms with Gasteiger partial charge in [-0.3, -0.25) is 4.79 Å². The van der Waals surface area contributed by atoms with E-state index in [4.69, 9.17) is 4.74 Å². The Labute approximate surface area is 118 Å². The van der Waals surface area contributed by atoms with Gasteiger partial charge in [-0.2, -0.15) is 5.10 Å². The van der Waals surface area contributed by atoms with Gasteiger partial charge < -0.3 is 10.1 Å². The van der Waals surface area contributed by atoms with E-state index in [2.05, 4.69) is 22.4 Å². The van der Waals surface area contributed by atoms with Crippen LogP contribution in [-0.4, -0.2) is 23.9 Å². The molecule has 0 bridgehead atoms. The molecule has 106 valence electrons. The van der Waals surface area contributed by atoms with Crippen molar-refractivity contribution in [1.82, 2.24) is 15.5 Å². The molecule has 0 aliphatic carbocycles. The fourth-order valence-electron chi connectivity index (χ4n) is 1.89. The van der Waals surface area contributed by atoms with E-state index in [1.54, 1.807) is 7.11 Å². The van der Waals surface area contributed by atoms with Crippen molar-refractivity contribution in [1.29, 1.82) is 0 Å². The Hall–Kier alpha value is -2.14. The first kappa shape index (κ1) is 14.3. The van der Waals surface area contributed by atoms with Crippen LogP contribution in [-0.2, 0) is 6.54 Å². The second-order valence-corrected chi connectivity index (χ2v) is 4.51. The van der Waals surface area contributed by atoms with Crippen molar-refractivity contribution >= 4 is 0 Å². The van der Waals surface area contributed by atoms with E-state index in [0.29, 0.717) is 12.1 Å². The maximum absolute atomic E-state index is 11.7. The standard InChI is InChI=1S/C15H19N3O2/c1-3-8-16-10-12-9-14(17-18-15(12)19)11-4-6-13(20-2)7-5-11/h4-7,9,16H,3,8,10H2,1-2H3,(H,18,19). The molecule has 1 aromatic carbocycles. The van der Waals surface area contributed by atoms with Crippen LogP contribution in [0.25, 0.3) is 11.3 Å². The van der Waals surface area contributed by atoms with Gasteiger partial charge in [-0.25, -0.2) is 5.10 Å². The van der Waals surface area contributed by atoms with Crippen molar-refractivity contribution < 1.29 is 4.74 Å². The summed E-state index contributed by atoms with van der Waals surface area (Å²) in [6.45, 7) is 3.53. The first-order chi connectivity index (χ1) is 9.74. The number of rotatable bonds is 6. The highest BCUT2D eigenvalue weighted by Gasteiger charge is 2.05. The molecule has 0 unspecified atom stereocenters. The summed E-state index contributed by atoms with van der Waals surface area (Å²) in [4.78, 5) is 11.7. The molecular weight excluding hydrogens is 254 g/mol. The highest BCUT2D eigenvalue weighted by Crippen LogP contribution is 2.19. The lowest BCUT2D eigenvalue weighted by molar-refractivity contribution is 0.415. The Morgan fingerprint density at radius 1 is 1.30 bits per heavy atom. The first-order valence-corrected chi connectivity index (χ1v) is 6.68. The van der Waals surface area contributed by atoms with Crippen LogP contribution < -0.4 is 15.6 Å². The average Bonchev–Trinajstić information content (AvgIpc) is 2.49. The lowest BCUT2D eigenvalue weighted by Gasteiger charge is -2.06. The van der Waals surface area contributed by atoms with Crippen molar-refractivity contribution in [3.05, 3.63) is 46.2 Å². The van der Waals surface area contributed by atoms with Crippen molar-refractivity contribution in [2.45, 2.75) is 19.9 Å². The molecule has 2 aromatic rings. The molecular formula is C15H19N3O2. The average molecular weight is 273 g/mol. The Kier molecular flexibility index (Phi) is 4.90. The highest BCUT2D eigenvalue weighted by atomic mass is 16.5. The fourth-order valence-corrected chi connectivity index (χ4v) is 1.89. The van der Waals surface area contributed by atoms with Gasteiger partial charge in [0, 0.05) is 17.7 Å². The van der Waals surface area contributed by atoms with Gasteiger partial charge in [0.25, 0.3) is 5.56 Å². The summed E-state index contributed by atoms with van der Waals surface area (Å²) in [6, 6.07) is 9.41. The molecule has 0 saturated carbocycles. The van der Waals surface area contributed by atoms with Gasteiger partial charge >= 0.3 is 0 Å². The monoisotopic (exact) mass is 273 g/mol. The molecule has 0 fully saturated rings. The Bertz CT molecular complexity index is 605. The topological polar surface area (TPSA) is 67.0 Å². The van der Waals surface area contributed by atoms with E-state index in [1.165, 1.54) is 0 Å². The smallest absolute Gasteiger partial charge is 0.268 e. The van der Waals surface area contributed by atoms with E-state index in [9.17, 15) is 4.79 Å². The highest BCUT2D eigenvalue weighted by molar-refractivity contribution is 5.60. The van der Waals surface area contributed by atoms with Gasteiger partial charge in [0.2, 0.25) is 0 Å². The van der Waals surface area contributed by atoms with Crippen LogP contribution in [0.2, 0.25) is 0 Å². The van der Waals surface area contributed by atoms with Crippen LogP contribution in [0.3, 0.4) is 0 Å². The van der Waals surface area contributed by atoms with E-state index in [1.807, 2.05) is 30.3 Å². The van der Waals surface area contributed by atoms with Crippen molar-refractivity contribution in [2.75, 3.05) is 13.7 Å². The molecule has 0 spiro atoms. The Balaban J connectivity index is 2.23. The lowest BCUT2D eigenvalue weighted by Crippen LogP contribution is -2.22. The molecule has 0 aliphatic heterocycles. The van der Waals surface area contributed by atoms with Gasteiger partial charge in [0.15, 0.2) is 0 Å². The molecule has 5 heteroatoms. The second-order valence-electron chi connectivity index (χ2n) is 4.51. The number of benzene rings is 1. The first-order valence-electron chi connectivity index (χ1n) is 6.68. The third-order valence-corrected chi connectivity index (χ3v) is 3.01. The summed E-state index contributed by atoms with van der Waals surface area (Å²) in [5, 5.41) is 9.85. The minimum absolute atomic E-state index is 0.147. The molecule has 2 N–H and O–H groups in total. The summed E-state index contributed by atoms with van der Waals surface area (Å²) in [5.74, 6) is 0.794. The number of methoxy groups -OCH3 is 1. The second kappa shape index (κ2) is 6.86. The fraction of sp³-hybridized carbons (Fsp3) is 0.333. The molecule has 0 aliphatic rings. The van der Waals surface area contributed by atoms with Crippen LogP contribution in [0.1, 0.15) is 18.9 Å². The normalized spacial score (nSPS) is 10.5. The Morgan fingerprint density at radius 3 is 2.70 bits per heavy atom. The zero-order chi connectivity index (χ0) is 14.4. The molecule has 2 rings (SSSR count). The molecule has 5 nitrogen and oxygen atoms in total. The minimum atomic E-state index is -0.147. The quantitative estimate of drug-likeness (QED) is 0.789. The summed E-state index contributed by atoms with van der Waals surface area (Å²) >= 11 is 0. The van der Waals surface area contributed by atoms with Gasteiger partial charge in [0.1, 0.15) is 5.75 Å². The number of hydrogen-bond donors (Lipinski definition) is 2. The van der Waals surface area contributed by atoms with Crippen molar-refractivity contribution in [3.8, 4) is 17.0 Å². The largest absolute Gasteiger partial charge is 0.497 e. The minimum Gasteiger partial charge on any atom is -0.497 e. The van der Waals surface area contributed by atoms with E-state index in [0.717, 1.165) is 30.0 Å². The number of H-pyrrole nitrogens is 1. The Morgan fingerprint density at radius 2 is 2.05 bits per heavy atom. The number of aromatic nitrogens is 2. The molecule has 0 amide bonds. The SMILES string of the molecule is CCCNCc1cc(-c2ccc(OC)cc2)n[nH]c1=O. The van der Waals surface area contributed by atoms with Crippen LogP contribution in [0.4, 0.5) is 0 Å². The van der Waals surface area contributed by atoms with Crippen molar-refractivity contribution in [3.63, 3.8) is 0 Å². The van der Waals surface area contributed by atoms with Crippen molar-refractivity contribution in [2.24, 2.45) is 0 Å². The van der Waals surface area contributed by atoms with E-state index < -0.39 is 0 Å². The van der Waals surface area contributed by atoms with Gasteiger partial charge in [-0.1, -0.05) is 6.92 Å². The predicted octanol–water partition coefficient (Wildman–Crippen LogP) is 1.95. The molecule has 0 saturated heterocycles. The van der Waals surface area contributed by atoms with Crippen LogP contribution in [0.5, 0.6) is 5.75 Å². The van der Waals surface area contributed by atoms with E-state index in [-0.39, 0.29) is 5.56 Å². The predicted molar refractivity (Wildman–Crippen MR) is 78.8 cm³/mol. The molecule has 0 radical (unpaired) electrons. The lowest BCUT2D eigenvalue weighted by atomic mass is 10.1. The van der Waals surface area contributed by atoms with E-state index >= 15 is 0 Å². The maximum atomic E-state index is 11.7. The molecule has 20 heavy (non-hydrogen) atoms. The number of aromatic amines is 1. The summed E-state index contributed by atoms with van der Waals surface area (Å²) in [6.07, 6.45) is 1.04. The van der Waals surface area contributed by atoms with Gasteiger partial charge in [-0.05, 0) is 43.3 Å². The number of ether oxygens (including phenoxy) is 1. The van der Waals surface area contributed by atoms with Gasteiger partial charge in [-0.15, -0.1) is 0 Å². The maximum Gasteiger partial charge on any atom is 0.268 e.